The molecule has 83 heavy (non-hydrogen) atoms. The van der Waals surface area contributed by atoms with Crippen molar-refractivity contribution in [1.82, 2.24) is 0 Å². The van der Waals surface area contributed by atoms with Gasteiger partial charge in [-0.15, -0.1) is 0 Å². The molecule has 0 aromatic heterocycles. The Balaban J connectivity index is 4.29. The van der Waals surface area contributed by atoms with E-state index in [-0.39, 0.29) is 31.1 Å². The number of unbranched alkanes of at least 4 members (excludes halogenated alkanes) is 44. The second-order valence-electron chi connectivity index (χ2n) is 24.5. The van der Waals surface area contributed by atoms with Crippen LogP contribution in [0.2, 0.25) is 0 Å². The quantitative estimate of drug-likeness (QED) is 0.0261. The number of hydrogen-bond acceptors (Lipinski definition) is 6. The highest BCUT2D eigenvalue weighted by Gasteiger charge is 2.19. The molecule has 6 heteroatoms. The van der Waals surface area contributed by atoms with Gasteiger partial charge in [0.25, 0.3) is 0 Å². The van der Waals surface area contributed by atoms with E-state index in [4.69, 9.17) is 14.2 Å². The Labute approximate surface area is 516 Å². The topological polar surface area (TPSA) is 78.9 Å². The van der Waals surface area contributed by atoms with E-state index in [1.807, 2.05) is 0 Å². The molecule has 0 amide bonds. The minimum Gasteiger partial charge on any atom is -0.462 e. The maximum atomic E-state index is 13.0. The SMILES string of the molecule is CC/C=C\C/C=C\C/C=C\CCCCCCCC(=O)OCC(COC(=O)CCCCCCCCCCCCCCCCCCCCCCCCCCCCC)OC(=O)CCCCCCCCCC/C=C\C/C=C\C/C=C\CCCCCCC. The average Bonchev–Trinajstić information content (AvgIpc) is 3.49. The largest absolute Gasteiger partial charge is 0.462 e. The molecule has 0 rings (SSSR count). The van der Waals surface area contributed by atoms with Crippen LogP contribution in [0.15, 0.2) is 72.9 Å². The van der Waals surface area contributed by atoms with Crippen molar-refractivity contribution in [1.29, 1.82) is 0 Å². The Morgan fingerprint density at radius 1 is 0.253 bits per heavy atom. The lowest BCUT2D eigenvalue weighted by Crippen LogP contribution is -2.30. The van der Waals surface area contributed by atoms with E-state index in [9.17, 15) is 14.4 Å². The third kappa shape index (κ3) is 69.5. The predicted molar refractivity (Wildman–Crippen MR) is 362 cm³/mol. The molecule has 482 valence electrons. The smallest absolute Gasteiger partial charge is 0.306 e. The van der Waals surface area contributed by atoms with Crippen LogP contribution in [0.4, 0.5) is 0 Å². The van der Waals surface area contributed by atoms with Gasteiger partial charge in [0.05, 0.1) is 0 Å². The van der Waals surface area contributed by atoms with E-state index in [1.165, 1.54) is 225 Å². The third-order valence-corrected chi connectivity index (χ3v) is 16.2. The van der Waals surface area contributed by atoms with Crippen LogP contribution in [-0.4, -0.2) is 37.2 Å². The zero-order valence-electron chi connectivity index (χ0n) is 55.5. The number of rotatable bonds is 67. The Morgan fingerprint density at radius 2 is 0.470 bits per heavy atom. The maximum Gasteiger partial charge on any atom is 0.306 e. The summed E-state index contributed by atoms with van der Waals surface area (Å²) in [6.45, 7) is 6.56. The van der Waals surface area contributed by atoms with Crippen molar-refractivity contribution < 1.29 is 28.6 Å². The molecule has 1 atom stereocenters. The molecule has 0 heterocycles. The Kier molecular flexibility index (Phi) is 68.6. The van der Waals surface area contributed by atoms with Gasteiger partial charge in [0.2, 0.25) is 0 Å². The van der Waals surface area contributed by atoms with Gasteiger partial charge < -0.3 is 14.2 Å². The van der Waals surface area contributed by atoms with Crippen molar-refractivity contribution in [2.45, 2.75) is 386 Å². The van der Waals surface area contributed by atoms with Crippen molar-refractivity contribution in [2.24, 2.45) is 0 Å². The van der Waals surface area contributed by atoms with Gasteiger partial charge in [0, 0.05) is 19.3 Å². The van der Waals surface area contributed by atoms with Crippen molar-refractivity contribution in [3.63, 3.8) is 0 Å². The van der Waals surface area contributed by atoms with Gasteiger partial charge in [-0.25, -0.2) is 0 Å². The molecular weight excluding hydrogens is 1020 g/mol. The molecule has 0 aliphatic rings. The van der Waals surface area contributed by atoms with Crippen LogP contribution < -0.4 is 0 Å². The summed E-state index contributed by atoms with van der Waals surface area (Å²) in [4.78, 5) is 38.5. The zero-order valence-corrected chi connectivity index (χ0v) is 55.5. The van der Waals surface area contributed by atoms with Crippen molar-refractivity contribution in [2.75, 3.05) is 13.2 Å². The molecule has 0 N–H and O–H groups in total. The number of hydrogen-bond donors (Lipinski definition) is 0. The van der Waals surface area contributed by atoms with E-state index >= 15 is 0 Å². The number of allylic oxidation sites excluding steroid dienone is 12. The summed E-state index contributed by atoms with van der Waals surface area (Å²) in [5.41, 5.74) is 0. The molecule has 1 unspecified atom stereocenters. The molecule has 0 aliphatic heterocycles. The summed E-state index contributed by atoms with van der Waals surface area (Å²) >= 11 is 0. The molecule has 0 spiro atoms. The highest BCUT2D eigenvalue weighted by molar-refractivity contribution is 5.71. The van der Waals surface area contributed by atoms with Gasteiger partial charge in [0.15, 0.2) is 6.10 Å². The lowest BCUT2D eigenvalue weighted by Gasteiger charge is -2.18. The number of esters is 3. The van der Waals surface area contributed by atoms with Crippen LogP contribution in [0.1, 0.15) is 380 Å². The van der Waals surface area contributed by atoms with Gasteiger partial charge in [-0.2, -0.15) is 0 Å². The molecule has 0 aliphatic carbocycles. The number of carbonyl (C=O) groups excluding carboxylic acids is 3. The minimum absolute atomic E-state index is 0.0809. The lowest BCUT2D eigenvalue weighted by atomic mass is 10.0. The van der Waals surface area contributed by atoms with Gasteiger partial charge in [-0.05, 0) is 89.9 Å². The average molecular weight is 1160 g/mol. The van der Waals surface area contributed by atoms with Gasteiger partial charge in [-0.1, -0.05) is 344 Å². The molecule has 0 bridgehead atoms. The third-order valence-electron chi connectivity index (χ3n) is 16.2. The van der Waals surface area contributed by atoms with E-state index in [0.717, 1.165) is 116 Å². The molecular formula is C77H138O6. The van der Waals surface area contributed by atoms with E-state index in [1.54, 1.807) is 0 Å². The summed E-state index contributed by atoms with van der Waals surface area (Å²) in [7, 11) is 0. The van der Waals surface area contributed by atoms with Crippen LogP contribution >= 0.6 is 0 Å². The maximum absolute atomic E-state index is 13.0. The first-order chi connectivity index (χ1) is 41.0. The van der Waals surface area contributed by atoms with Crippen molar-refractivity contribution in [3.8, 4) is 0 Å². The van der Waals surface area contributed by atoms with Crippen LogP contribution in [0.3, 0.4) is 0 Å². The number of ether oxygens (including phenoxy) is 3. The summed E-state index contributed by atoms with van der Waals surface area (Å²) in [6.07, 6.45) is 93.7. The monoisotopic (exact) mass is 1160 g/mol. The summed E-state index contributed by atoms with van der Waals surface area (Å²) < 4.78 is 17.0. The molecule has 0 saturated carbocycles. The normalized spacial score (nSPS) is 12.5. The highest BCUT2D eigenvalue weighted by Crippen LogP contribution is 2.18. The van der Waals surface area contributed by atoms with Crippen LogP contribution in [-0.2, 0) is 28.6 Å². The fourth-order valence-corrected chi connectivity index (χ4v) is 10.8. The molecule has 0 aromatic rings. The fourth-order valence-electron chi connectivity index (χ4n) is 10.8. The first-order valence-corrected chi connectivity index (χ1v) is 36.4. The molecule has 0 aromatic carbocycles. The zero-order chi connectivity index (χ0) is 59.9. The molecule has 6 nitrogen and oxygen atoms in total. The van der Waals surface area contributed by atoms with Gasteiger partial charge in [-0.3, -0.25) is 14.4 Å². The fraction of sp³-hybridized carbons (Fsp3) is 0.805. The van der Waals surface area contributed by atoms with E-state index in [0.29, 0.717) is 19.3 Å². The first-order valence-electron chi connectivity index (χ1n) is 36.4. The van der Waals surface area contributed by atoms with Gasteiger partial charge >= 0.3 is 17.9 Å². The first kappa shape index (κ1) is 79.8. The molecule has 0 radical (unpaired) electrons. The van der Waals surface area contributed by atoms with Crippen LogP contribution in [0.25, 0.3) is 0 Å². The van der Waals surface area contributed by atoms with Crippen LogP contribution in [0.5, 0.6) is 0 Å². The van der Waals surface area contributed by atoms with Gasteiger partial charge in [0.1, 0.15) is 13.2 Å². The summed E-state index contributed by atoms with van der Waals surface area (Å²) in [5.74, 6) is -0.884. The predicted octanol–water partition coefficient (Wildman–Crippen LogP) is 25.2. The standard InChI is InChI=1S/C77H138O6/c1-4-7-10-13-16-19-22-25-28-30-32-34-36-37-38-39-41-42-44-46-49-52-55-58-61-64-67-70-76(79)82-73-74(72-81-75(78)69-66-63-60-57-54-51-48-27-24-21-18-15-12-9-6-3)83-77(80)71-68-65-62-59-56-53-50-47-45-43-40-35-33-31-29-26-23-20-17-14-11-8-5-2/h9,12,18,21,23,26-27,31,33,40,43,48,74H,4-8,10-11,13-17,19-20,22,24-25,28-30,32,34-39,41-42,44-47,49-73H2,1-3H3/b12-9-,21-18-,26-23-,33-31-,43-40-,48-27-. The number of carbonyl (C=O) groups is 3. The minimum atomic E-state index is -0.788. The van der Waals surface area contributed by atoms with Crippen molar-refractivity contribution in [3.05, 3.63) is 72.9 Å². The molecule has 0 fully saturated rings. The van der Waals surface area contributed by atoms with E-state index < -0.39 is 6.10 Å². The Bertz CT molecular complexity index is 1520. The molecule has 0 saturated heterocycles. The Morgan fingerprint density at radius 3 is 0.735 bits per heavy atom. The van der Waals surface area contributed by atoms with E-state index in [2.05, 4.69) is 93.7 Å². The highest BCUT2D eigenvalue weighted by atomic mass is 16.6. The summed E-state index contributed by atoms with van der Waals surface area (Å²) in [5, 5.41) is 0. The van der Waals surface area contributed by atoms with Crippen LogP contribution in [0, 0.1) is 0 Å². The second kappa shape index (κ2) is 71.3. The Hall–Kier alpha value is -3.15. The second-order valence-corrected chi connectivity index (χ2v) is 24.5. The summed E-state index contributed by atoms with van der Waals surface area (Å²) in [6, 6.07) is 0. The lowest BCUT2D eigenvalue weighted by molar-refractivity contribution is -0.167. The van der Waals surface area contributed by atoms with Crippen molar-refractivity contribution >= 4 is 17.9 Å².